The fraction of sp³-hybridized carbons (Fsp3) is 0.714. The number of hydrogen-bond acceptors (Lipinski definition) is 4. The van der Waals surface area contributed by atoms with Crippen LogP contribution >= 0.6 is 36.2 Å². The number of nitrogens with zero attached hydrogens (tertiary/aromatic N) is 2. The Hall–Kier alpha value is -0.360. The first kappa shape index (κ1) is 20.6. The van der Waals surface area contributed by atoms with Crippen LogP contribution in [0.2, 0.25) is 0 Å². The summed E-state index contributed by atoms with van der Waals surface area (Å²) >= 11 is 1.72. The topological polar surface area (TPSA) is 59.2 Å². The Kier molecular flexibility index (Phi) is 9.45. The van der Waals surface area contributed by atoms with Gasteiger partial charge in [0.25, 0.3) is 0 Å². The molecule has 2 unspecified atom stereocenters. The number of aromatic nitrogens is 1. The molecular formula is C14H25Cl2N3OS. The van der Waals surface area contributed by atoms with Crippen molar-refractivity contribution >= 4 is 42.1 Å². The van der Waals surface area contributed by atoms with Gasteiger partial charge in [0.15, 0.2) is 0 Å². The normalized spacial score (nSPS) is 19.4. The van der Waals surface area contributed by atoms with Gasteiger partial charge in [0, 0.05) is 42.5 Å². The van der Waals surface area contributed by atoms with E-state index in [9.17, 15) is 4.79 Å². The van der Waals surface area contributed by atoms with Crippen molar-refractivity contribution in [1.29, 1.82) is 0 Å². The molecule has 1 aromatic rings. The number of rotatable bonds is 4. The lowest BCUT2D eigenvalue weighted by Crippen LogP contribution is -2.39. The number of aryl methyl sites for hydroxylation is 1. The Morgan fingerprint density at radius 2 is 2.29 bits per heavy atom. The van der Waals surface area contributed by atoms with Crippen LogP contribution in [-0.2, 0) is 4.79 Å². The van der Waals surface area contributed by atoms with E-state index in [0.717, 1.165) is 38.0 Å². The summed E-state index contributed by atoms with van der Waals surface area (Å²) in [5.74, 6) is 0.668. The molecule has 0 aromatic carbocycles. The summed E-state index contributed by atoms with van der Waals surface area (Å²) in [7, 11) is 0. The summed E-state index contributed by atoms with van der Waals surface area (Å²) < 4.78 is 0. The first-order valence-electron chi connectivity index (χ1n) is 7.01. The average molecular weight is 354 g/mol. The number of halogens is 2. The molecule has 1 saturated heterocycles. The van der Waals surface area contributed by atoms with Crippen molar-refractivity contribution in [3.8, 4) is 0 Å². The fourth-order valence-corrected chi connectivity index (χ4v) is 3.40. The molecule has 2 N–H and O–H groups in total. The van der Waals surface area contributed by atoms with Crippen LogP contribution in [0, 0.1) is 6.92 Å². The van der Waals surface area contributed by atoms with Crippen LogP contribution in [0.1, 0.15) is 49.2 Å². The maximum Gasteiger partial charge on any atom is 0.222 e. The molecule has 0 bridgehead atoms. The summed E-state index contributed by atoms with van der Waals surface area (Å²) in [6.45, 7) is 5.68. The molecule has 7 heteroatoms. The monoisotopic (exact) mass is 353 g/mol. The predicted molar refractivity (Wildman–Crippen MR) is 92.8 cm³/mol. The molecule has 4 nitrogen and oxygen atoms in total. The van der Waals surface area contributed by atoms with E-state index < -0.39 is 0 Å². The van der Waals surface area contributed by atoms with Gasteiger partial charge in [-0.25, -0.2) is 4.98 Å². The number of carbonyl (C=O) groups is 1. The Bertz CT molecular complexity index is 440. The standard InChI is InChI=1S/C14H23N3OS.2ClH/c1-10(15)5-6-13(18)17-7-3-4-12(8-17)14-16-11(2)9-19-14;;/h9-10,12H,3-8,15H2,1-2H3;2*1H. The number of hydrogen-bond donors (Lipinski definition) is 1. The highest BCUT2D eigenvalue weighted by molar-refractivity contribution is 7.09. The third-order valence-electron chi connectivity index (χ3n) is 3.57. The van der Waals surface area contributed by atoms with Crippen molar-refractivity contribution < 1.29 is 4.79 Å². The highest BCUT2D eigenvalue weighted by atomic mass is 35.5. The van der Waals surface area contributed by atoms with E-state index >= 15 is 0 Å². The number of likely N-dealkylation sites (tertiary alicyclic amines) is 1. The maximum atomic E-state index is 12.1. The van der Waals surface area contributed by atoms with E-state index in [2.05, 4.69) is 10.4 Å². The fourth-order valence-electron chi connectivity index (χ4n) is 2.47. The SMILES string of the molecule is Cc1csc(C2CCCN(C(=O)CCC(C)N)C2)n1.Cl.Cl. The zero-order chi connectivity index (χ0) is 13.8. The zero-order valence-electron chi connectivity index (χ0n) is 12.6. The second-order valence-electron chi connectivity index (χ2n) is 5.52. The second kappa shape index (κ2) is 9.62. The highest BCUT2D eigenvalue weighted by Crippen LogP contribution is 2.29. The first-order chi connectivity index (χ1) is 9.06. The van der Waals surface area contributed by atoms with Gasteiger partial charge in [-0.05, 0) is 33.1 Å². The van der Waals surface area contributed by atoms with Gasteiger partial charge in [0.05, 0.1) is 5.01 Å². The summed E-state index contributed by atoms with van der Waals surface area (Å²) in [4.78, 5) is 18.7. The number of carbonyl (C=O) groups excluding carboxylic acids is 1. The minimum absolute atomic E-state index is 0. The molecule has 1 aliphatic heterocycles. The van der Waals surface area contributed by atoms with Crippen molar-refractivity contribution in [3.63, 3.8) is 0 Å². The van der Waals surface area contributed by atoms with Crippen molar-refractivity contribution in [2.45, 2.75) is 51.5 Å². The number of nitrogens with two attached hydrogens (primary N) is 1. The van der Waals surface area contributed by atoms with Crippen LogP contribution in [0.15, 0.2) is 5.38 Å². The number of piperidine rings is 1. The molecule has 2 atom stereocenters. The van der Waals surface area contributed by atoms with Crippen molar-refractivity contribution in [2.75, 3.05) is 13.1 Å². The van der Waals surface area contributed by atoms with Crippen LogP contribution in [-0.4, -0.2) is 34.9 Å². The van der Waals surface area contributed by atoms with Crippen molar-refractivity contribution in [3.05, 3.63) is 16.1 Å². The van der Waals surface area contributed by atoms with Gasteiger partial charge in [0.1, 0.15) is 0 Å². The average Bonchev–Trinajstić information content (AvgIpc) is 2.83. The molecule has 1 aliphatic rings. The molecule has 0 saturated carbocycles. The summed E-state index contributed by atoms with van der Waals surface area (Å²) in [6.07, 6.45) is 3.56. The van der Waals surface area contributed by atoms with Crippen LogP contribution in [0.5, 0.6) is 0 Å². The maximum absolute atomic E-state index is 12.1. The lowest BCUT2D eigenvalue weighted by molar-refractivity contribution is -0.132. The lowest BCUT2D eigenvalue weighted by Gasteiger charge is -2.32. The van der Waals surface area contributed by atoms with Crippen LogP contribution in [0.4, 0.5) is 0 Å². The summed E-state index contributed by atoms with van der Waals surface area (Å²) in [5, 5.41) is 3.27. The van der Waals surface area contributed by atoms with Gasteiger partial charge >= 0.3 is 0 Å². The van der Waals surface area contributed by atoms with E-state index in [1.165, 1.54) is 5.01 Å². The number of amides is 1. The number of thiazole rings is 1. The molecule has 1 aromatic heterocycles. The molecule has 21 heavy (non-hydrogen) atoms. The zero-order valence-corrected chi connectivity index (χ0v) is 15.0. The predicted octanol–water partition coefficient (Wildman–Crippen LogP) is 3.13. The van der Waals surface area contributed by atoms with Crippen LogP contribution in [0.25, 0.3) is 0 Å². The van der Waals surface area contributed by atoms with E-state index in [1.807, 2.05) is 18.7 Å². The smallest absolute Gasteiger partial charge is 0.222 e. The van der Waals surface area contributed by atoms with Crippen LogP contribution in [0.3, 0.4) is 0 Å². The van der Waals surface area contributed by atoms with E-state index in [0.29, 0.717) is 12.3 Å². The summed E-state index contributed by atoms with van der Waals surface area (Å²) in [5.41, 5.74) is 6.80. The van der Waals surface area contributed by atoms with Gasteiger partial charge in [-0.1, -0.05) is 0 Å². The van der Waals surface area contributed by atoms with Gasteiger partial charge in [-0.3, -0.25) is 4.79 Å². The molecule has 0 aliphatic carbocycles. The third kappa shape index (κ3) is 6.10. The van der Waals surface area contributed by atoms with E-state index in [-0.39, 0.29) is 36.8 Å². The molecule has 0 radical (unpaired) electrons. The van der Waals surface area contributed by atoms with Crippen molar-refractivity contribution in [2.24, 2.45) is 5.73 Å². The van der Waals surface area contributed by atoms with Gasteiger partial charge in [-0.15, -0.1) is 36.2 Å². The first-order valence-corrected chi connectivity index (χ1v) is 7.89. The minimum Gasteiger partial charge on any atom is -0.342 e. The molecule has 1 amide bonds. The molecular weight excluding hydrogens is 329 g/mol. The highest BCUT2D eigenvalue weighted by Gasteiger charge is 2.26. The molecule has 0 spiro atoms. The Balaban J connectivity index is 0.00000200. The van der Waals surface area contributed by atoms with E-state index in [4.69, 9.17) is 5.73 Å². The molecule has 122 valence electrons. The Morgan fingerprint density at radius 1 is 1.57 bits per heavy atom. The Labute approximate surface area is 143 Å². The Morgan fingerprint density at radius 3 is 2.86 bits per heavy atom. The molecule has 1 fully saturated rings. The van der Waals surface area contributed by atoms with Gasteiger partial charge < -0.3 is 10.6 Å². The quantitative estimate of drug-likeness (QED) is 0.904. The largest absolute Gasteiger partial charge is 0.342 e. The third-order valence-corrected chi connectivity index (χ3v) is 4.70. The second-order valence-corrected chi connectivity index (χ2v) is 6.41. The van der Waals surface area contributed by atoms with Crippen molar-refractivity contribution in [1.82, 2.24) is 9.88 Å². The van der Waals surface area contributed by atoms with Gasteiger partial charge in [-0.2, -0.15) is 0 Å². The molecule has 2 rings (SSSR count). The van der Waals surface area contributed by atoms with Gasteiger partial charge in [0.2, 0.25) is 5.91 Å². The van der Waals surface area contributed by atoms with Crippen LogP contribution < -0.4 is 5.73 Å². The molecule has 2 heterocycles. The van der Waals surface area contributed by atoms with E-state index in [1.54, 1.807) is 11.3 Å². The lowest BCUT2D eigenvalue weighted by atomic mass is 9.98. The summed E-state index contributed by atoms with van der Waals surface area (Å²) in [6, 6.07) is 0.103. The minimum atomic E-state index is 0.